The standard InChI is InChI=1S/C20H15BrO2/c21-19-14-8-7-9-16(19)15-20(22-17-10-3-1-4-11-17)23-18-12-5-2-6-13-18/h1-15H. The van der Waals surface area contributed by atoms with E-state index in [4.69, 9.17) is 9.47 Å². The van der Waals surface area contributed by atoms with E-state index in [1.54, 1.807) is 0 Å². The Hall–Kier alpha value is -2.52. The SMILES string of the molecule is Brc1ccccc1C=C(Oc1ccccc1)Oc1ccccc1. The fourth-order valence-corrected chi connectivity index (χ4v) is 2.41. The number of hydrogen-bond acceptors (Lipinski definition) is 2. The van der Waals surface area contributed by atoms with Crippen LogP contribution < -0.4 is 9.47 Å². The summed E-state index contributed by atoms with van der Waals surface area (Å²) in [6.07, 6.45) is 1.87. The molecule has 0 heterocycles. The van der Waals surface area contributed by atoms with E-state index in [2.05, 4.69) is 15.9 Å². The van der Waals surface area contributed by atoms with Gasteiger partial charge >= 0.3 is 0 Å². The average molecular weight is 367 g/mol. The molecule has 0 aliphatic rings. The summed E-state index contributed by atoms with van der Waals surface area (Å²) in [5.41, 5.74) is 0.981. The van der Waals surface area contributed by atoms with Crippen LogP contribution in [0.3, 0.4) is 0 Å². The second kappa shape index (κ2) is 7.65. The van der Waals surface area contributed by atoms with Gasteiger partial charge in [0, 0.05) is 10.5 Å². The normalized spacial score (nSPS) is 9.96. The van der Waals surface area contributed by atoms with Gasteiger partial charge in [-0.25, -0.2) is 0 Å². The van der Waals surface area contributed by atoms with Gasteiger partial charge in [0.25, 0.3) is 5.95 Å². The summed E-state index contributed by atoms with van der Waals surface area (Å²) >= 11 is 3.54. The number of halogens is 1. The fourth-order valence-electron chi connectivity index (χ4n) is 2.01. The van der Waals surface area contributed by atoms with Crippen molar-refractivity contribution in [2.75, 3.05) is 0 Å². The van der Waals surface area contributed by atoms with Crippen LogP contribution in [0.1, 0.15) is 5.56 Å². The van der Waals surface area contributed by atoms with Crippen molar-refractivity contribution in [3.05, 3.63) is 101 Å². The Morgan fingerprint density at radius 2 is 1.13 bits per heavy atom. The number of hydrogen-bond donors (Lipinski definition) is 0. The third-order valence-corrected chi connectivity index (χ3v) is 3.82. The Kier molecular flexibility index (Phi) is 5.12. The fraction of sp³-hybridized carbons (Fsp3) is 0. The molecule has 0 amide bonds. The predicted molar refractivity (Wildman–Crippen MR) is 96.3 cm³/mol. The minimum atomic E-state index is 0.411. The lowest BCUT2D eigenvalue weighted by Gasteiger charge is -2.12. The second-order valence-electron chi connectivity index (χ2n) is 4.82. The molecule has 0 fully saturated rings. The van der Waals surface area contributed by atoms with Crippen LogP contribution in [0.4, 0.5) is 0 Å². The molecule has 0 radical (unpaired) electrons. The van der Waals surface area contributed by atoms with Crippen molar-refractivity contribution in [3.63, 3.8) is 0 Å². The van der Waals surface area contributed by atoms with Crippen LogP contribution in [0, 0.1) is 0 Å². The van der Waals surface area contributed by atoms with Gasteiger partial charge in [-0.1, -0.05) is 70.5 Å². The van der Waals surface area contributed by atoms with Gasteiger partial charge < -0.3 is 9.47 Å². The van der Waals surface area contributed by atoms with Gasteiger partial charge in [-0.2, -0.15) is 0 Å². The Morgan fingerprint density at radius 1 is 0.652 bits per heavy atom. The van der Waals surface area contributed by atoms with Crippen molar-refractivity contribution in [2.45, 2.75) is 0 Å². The summed E-state index contributed by atoms with van der Waals surface area (Å²) < 4.78 is 12.8. The van der Waals surface area contributed by atoms with Crippen LogP contribution in [0.15, 0.2) is 95.3 Å². The molecule has 0 saturated carbocycles. The van der Waals surface area contributed by atoms with Gasteiger partial charge in [0.1, 0.15) is 11.5 Å². The second-order valence-corrected chi connectivity index (χ2v) is 5.67. The van der Waals surface area contributed by atoms with Gasteiger partial charge in [-0.3, -0.25) is 0 Å². The molecule has 0 aliphatic heterocycles. The lowest BCUT2D eigenvalue weighted by Crippen LogP contribution is -2.03. The Morgan fingerprint density at radius 3 is 1.65 bits per heavy atom. The van der Waals surface area contributed by atoms with E-state index in [0.29, 0.717) is 5.95 Å². The zero-order valence-electron chi connectivity index (χ0n) is 12.4. The van der Waals surface area contributed by atoms with Crippen LogP contribution >= 0.6 is 15.9 Å². The van der Waals surface area contributed by atoms with Crippen molar-refractivity contribution >= 4 is 22.0 Å². The van der Waals surface area contributed by atoms with Crippen molar-refractivity contribution in [1.82, 2.24) is 0 Å². The molecular weight excluding hydrogens is 352 g/mol. The molecule has 0 N–H and O–H groups in total. The van der Waals surface area contributed by atoms with Crippen LogP contribution in [-0.4, -0.2) is 0 Å². The highest BCUT2D eigenvalue weighted by molar-refractivity contribution is 9.10. The zero-order valence-corrected chi connectivity index (χ0v) is 13.9. The first-order chi connectivity index (χ1) is 11.3. The van der Waals surface area contributed by atoms with Gasteiger partial charge in [0.05, 0.1) is 0 Å². The third-order valence-electron chi connectivity index (χ3n) is 3.10. The van der Waals surface area contributed by atoms with E-state index in [-0.39, 0.29) is 0 Å². The maximum Gasteiger partial charge on any atom is 0.290 e. The van der Waals surface area contributed by atoms with Crippen molar-refractivity contribution < 1.29 is 9.47 Å². The summed E-state index contributed by atoms with van der Waals surface area (Å²) in [6, 6.07) is 27.1. The molecule has 0 bridgehead atoms. The van der Waals surface area contributed by atoms with Crippen LogP contribution in [0.5, 0.6) is 11.5 Å². The van der Waals surface area contributed by atoms with E-state index in [9.17, 15) is 0 Å². The lowest BCUT2D eigenvalue weighted by molar-refractivity contribution is 0.231. The summed E-state index contributed by atoms with van der Waals surface area (Å²) in [5, 5.41) is 0. The molecule has 0 spiro atoms. The molecule has 0 atom stereocenters. The van der Waals surface area contributed by atoms with E-state index in [1.807, 2.05) is 91.0 Å². The molecule has 3 aromatic rings. The minimum absolute atomic E-state index is 0.411. The molecule has 0 saturated heterocycles. The minimum Gasteiger partial charge on any atom is -0.426 e. The smallest absolute Gasteiger partial charge is 0.290 e. The highest BCUT2D eigenvalue weighted by atomic mass is 79.9. The number of rotatable bonds is 5. The van der Waals surface area contributed by atoms with E-state index in [1.165, 1.54) is 0 Å². The van der Waals surface area contributed by atoms with E-state index < -0.39 is 0 Å². The molecule has 3 rings (SSSR count). The van der Waals surface area contributed by atoms with Crippen LogP contribution in [0.25, 0.3) is 6.08 Å². The number of benzene rings is 3. The molecule has 0 aliphatic carbocycles. The summed E-state index contributed by atoms with van der Waals surface area (Å²) in [5.74, 6) is 1.86. The monoisotopic (exact) mass is 366 g/mol. The van der Waals surface area contributed by atoms with E-state index in [0.717, 1.165) is 21.5 Å². The summed E-state index contributed by atoms with van der Waals surface area (Å²) in [7, 11) is 0. The molecule has 114 valence electrons. The molecule has 0 unspecified atom stereocenters. The van der Waals surface area contributed by atoms with Gasteiger partial charge in [-0.15, -0.1) is 0 Å². The molecule has 23 heavy (non-hydrogen) atoms. The van der Waals surface area contributed by atoms with Gasteiger partial charge in [0.2, 0.25) is 0 Å². The first-order valence-electron chi connectivity index (χ1n) is 7.23. The summed E-state index contributed by atoms with van der Waals surface area (Å²) in [6.45, 7) is 0. The van der Waals surface area contributed by atoms with Gasteiger partial charge in [-0.05, 0) is 35.9 Å². The largest absolute Gasteiger partial charge is 0.426 e. The zero-order chi connectivity index (χ0) is 15.9. The first kappa shape index (κ1) is 15.4. The van der Waals surface area contributed by atoms with Crippen molar-refractivity contribution in [3.8, 4) is 11.5 Å². The van der Waals surface area contributed by atoms with Crippen LogP contribution in [0.2, 0.25) is 0 Å². The molecule has 3 heteroatoms. The maximum absolute atomic E-state index is 5.90. The topological polar surface area (TPSA) is 18.5 Å². The van der Waals surface area contributed by atoms with Crippen LogP contribution in [-0.2, 0) is 0 Å². The highest BCUT2D eigenvalue weighted by Crippen LogP contribution is 2.23. The van der Waals surface area contributed by atoms with Crippen molar-refractivity contribution in [2.24, 2.45) is 0 Å². The number of ether oxygens (including phenoxy) is 2. The first-order valence-corrected chi connectivity index (χ1v) is 8.02. The molecular formula is C20H15BrO2. The molecule has 3 aromatic carbocycles. The highest BCUT2D eigenvalue weighted by Gasteiger charge is 2.06. The summed E-state index contributed by atoms with van der Waals surface area (Å²) in [4.78, 5) is 0. The van der Waals surface area contributed by atoms with Gasteiger partial charge in [0.15, 0.2) is 0 Å². The number of para-hydroxylation sites is 2. The molecule has 0 aromatic heterocycles. The van der Waals surface area contributed by atoms with Crippen molar-refractivity contribution in [1.29, 1.82) is 0 Å². The lowest BCUT2D eigenvalue weighted by atomic mass is 10.2. The maximum atomic E-state index is 5.90. The average Bonchev–Trinajstić information content (AvgIpc) is 2.59. The third kappa shape index (κ3) is 4.47. The Labute approximate surface area is 144 Å². The Bertz CT molecular complexity index is 740. The predicted octanol–water partition coefficient (Wildman–Crippen LogP) is 5.91. The quantitative estimate of drug-likeness (QED) is 0.522. The Balaban J connectivity index is 1.91. The molecule has 2 nitrogen and oxygen atoms in total. The van der Waals surface area contributed by atoms with E-state index >= 15 is 0 Å².